The highest BCUT2D eigenvalue weighted by Gasteiger charge is 2.01. The van der Waals surface area contributed by atoms with Crippen LogP contribution in [0, 0.1) is 13.8 Å². The van der Waals surface area contributed by atoms with E-state index >= 15 is 0 Å². The quantitative estimate of drug-likeness (QED) is 0.721. The Morgan fingerprint density at radius 2 is 2.18 bits per heavy atom. The summed E-state index contributed by atoms with van der Waals surface area (Å²) in [6, 6.07) is 0. The van der Waals surface area contributed by atoms with Crippen LogP contribution in [0.25, 0.3) is 0 Å². The molecule has 0 spiro atoms. The number of hydrogen-bond donors (Lipinski definition) is 0. The molecule has 1 aromatic rings. The highest BCUT2D eigenvalue weighted by atomic mass is 32.2. The van der Waals surface area contributed by atoms with Crippen LogP contribution in [0.4, 0.5) is 0 Å². The number of nitrogens with zero attached hydrogens (tertiary/aromatic N) is 1. The molecule has 0 aliphatic heterocycles. The standard InChI is InChI=1S/C8H13NS2/c1-6-7(2)11-8(9-6)4-5-10-3/h4-5H2,1-3H3. The molecule has 1 aromatic heterocycles. The van der Waals surface area contributed by atoms with Gasteiger partial charge in [-0.3, -0.25) is 0 Å². The fourth-order valence-corrected chi connectivity index (χ4v) is 2.30. The maximum atomic E-state index is 4.45. The van der Waals surface area contributed by atoms with Gasteiger partial charge in [-0.2, -0.15) is 11.8 Å². The van der Waals surface area contributed by atoms with E-state index in [-0.39, 0.29) is 0 Å². The van der Waals surface area contributed by atoms with Crippen molar-refractivity contribution in [1.82, 2.24) is 4.98 Å². The minimum atomic E-state index is 1.13. The van der Waals surface area contributed by atoms with Crippen LogP contribution in [0.3, 0.4) is 0 Å². The van der Waals surface area contributed by atoms with E-state index in [9.17, 15) is 0 Å². The lowest BCUT2D eigenvalue weighted by atomic mass is 10.4. The average molecular weight is 187 g/mol. The molecule has 62 valence electrons. The van der Waals surface area contributed by atoms with Gasteiger partial charge in [-0.05, 0) is 25.9 Å². The van der Waals surface area contributed by atoms with E-state index in [1.54, 1.807) is 0 Å². The molecule has 0 amide bonds. The first-order chi connectivity index (χ1) is 5.24. The predicted octanol–water partition coefficient (Wildman–Crippen LogP) is 2.67. The van der Waals surface area contributed by atoms with Crippen LogP contribution in [0.2, 0.25) is 0 Å². The molecule has 0 saturated heterocycles. The van der Waals surface area contributed by atoms with Crippen molar-refractivity contribution in [1.29, 1.82) is 0 Å². The Bertz CT molecular complexity index is 210. The Labute approximate surface area is 76.2 Å². The number of thioether (sulfide) groups is 1. The minimum absolute atomic E-state index is 1.13. The van der Waals surface area contributed by atoms with Crippen molar-refractivity contribution in [3.05, 3.63) is 15.6 Å². The fraction of sp³-hybridized carbons (Fsp3) is 0.625. The van der Waals surface area contributed by atoms with Crippen molar-refractivity contribution in [2.24, 2.45) is 0 Å². The molecule has 1 heterocycles. The molecule has 0 radical (unpaired) electrons. The third-order valence-electron chi connectivity index (χ3n) is 1.59. The lowest BCUT2D eigenvalue weighted by molar-refractivity contribution is 1.07. The third kappa shape index (κ3) is 2.49. The monoisotopic (exact) mass is 187 g/mol. The van der Waals surface area contributed by atoms with Gasteiger partial charge in [-0.15, -0.1) is 11.3 Å². The second-order valence-electron chi connectivity index (χ2n) is 2.49. The van der Waals surface area contributed by atoms with Crippen molar-refractivity contribution in [3.8, 4) is 0 Å². The summed E-state index contributed by atoms with van der Waals surface area (Å²) in [5.74, 6) is 1.19. The van der Waals surface area contributed by atoms with Gasteiger partial charge in [0.25, 0.3) is 0 Å². The minimum Gasteiger partial charge on any atom is -0.246 e. The Hall–Kier alpha value is -0.0200. The van der Waals surface area contributed by atoms with E-state index in [2.05, 4.69) is 25.1 Å². The molecule has 0 aromatic carbocycles. The predicted molar refractivity (Wildman–Crippen MR) is 53.7 cm³/mol. The molecule has 0 aliphatic rings. The summed E-state index contributed by atoms with van der Waals surface area (Å²) in [5.41, 5.74) is 1.20. The number of aromatic nitrogens is 1. The highest BCUT2D eigenvalue weighted by Crippen LogP contribution is 2.17. The Morgan fingerprint density at radius 1 is 1.45 bits per heavy atom. The van der Waals surface area contributed by atoms with E-state index in [4.69, 9.17) is 0 Å². The van der Waals surface area contributed by atoms with Gasteiger partial charge in [0.15, 0.2) is 0 Å². The summed E-state index contributed by atoms with van der Waals surface area (Å²) >= 11 is 3.71. The van der Waals surface area contributed by atoms with Gasteiger partial charge < -0.3 is 0 Å². The Morgan fingerprint density at radius 3 is 2.64 bits per heavy atom. The van der Waals surface area contributed by atoms with Crippen LogP contribution in [0.15, 0.2) is 0 Å². The molecule has 0 N–H and O–H groups in total. The van der Waals surface area contributed by atoms with Crippen molar-refractivity contribution in [2.45, 2.75) is 20.3 Å². The second kappa shape index (κ2) is 4.12. The van der Waals surface area contributed by atoms with Crippen LogP contribution >= 0.6 is 23.1 Å². The van der Waals surface area contributed by atoms with Crippen LogP contribution in [0.5, 0.6) is 0 Å². The molecule has 0 saturated carbocycles. The molecule has 0 aliphatic carbocycles. The molecule has 0 fully saturated rings. The van der Waals surface area contributed by atoms with E-state index in [0.717, 1.165) is 6.42 Å². The SMILES string of the molecule is CSCCc1nc(C)c(C)s1. The molecule has 11 heavy (non-hydrogen) atoms. The smallest absolute Gasteiger partial charge is 0.0939 e. The topological polar surface area (TPSA) is 12.9 Å². The van der Waals surface area contributed by atoms with Crippen LogP contribution in [0.1, 0.15) is 15.6 Å². The van der Waals surface area contributed by atoms with Crippen LogP contribution in [-0.4, -0.2) is 17.0 Å². The van der Waals surface area contributed by atoms with Crippen molar-refractivity contribution < 1.29 is 0 Å². The largest absolute Gasteiger partial charge is 0.246 e. The van der Waals surface area contributed by atoms with Gasteiger partial charge in [-0.1, -0.05) is 0 Å². The molecule has 1 rings (SSSR count). The fourth-order valence-electron chi connectivity index (χ4n) is 0.835. The molecule has 3 heteroatoms. The molecule has 0 atom stereocenters. The maximum absolute atomic E-state index is 4.45. The highest BCUT2D eigenvalue weighted by molar-refractivity contribution is 7.98. The summed E-state index contributed by atoms with van der Waals surface area (Å²) < 4.78 is 0. The van der Waals surface area contributed by atoms with E-state index < -0.39 is 0 Å². The van der Waals surface area contributed by atoms with E-state index in [0.29, 0.717) is 0 Å². The van der Waals surface area contributed by atoms with Crippen molar-refractivity contribution in [2.75, 3.05) is 12.0 Å². The van der Waals surface area contributed by atoms with Gasteiger partial charge in [0, 0.05) is 11.3 Å². The number of hydrogen-bond acceptors (Lipinski definition) is 3. The van der Waals surface area contributed by atoms with Crippen molar-refractivity contribution in [3.63, 3.8) is 0 Å². The first-order valence-electron chi connectivity index (χ1n) is 3.66. The molecular weight excluding hydrogens is 174 g/mol. The summed E-state index contributed by atoms with van der Waals surface area (Å²) in [5, 5.41) is 1.29. The molecular formula is C8H13NS2. The molecule has 1 nitrogen and oxygen atoms in total. The molecule has 0 bridgehead atoms. The summed E-state index contributed by atoms with van der Waals surface area (Å²) in [6.07, 6.45) is 3.26. The van der Waals surface area contributed by atoms with Gasteiger partial charge in [0.2, 0.25) is 0 Å². The van der Waals surface area contributed by atoms with Gasteiger partial charge in [0.05, 0.1) is 10.7 Å². The Kier molecular flexibility index (Phi) is 3.40. The van der Waals surface area contributed by atoms with Crippen LogP contribution in [-0.2, 0) is 6.42 Å². The second-order valence-corrected chi connectivity index (χ2v) is 4.77. The summed E-state index contributed by atoms with van der Waals surface area (Å²) in [4.78, 5) is 5.82. The van der Waals surface area contributed by atoms with E-state index in [1.807, 2.05) is 23.1 Å². The lowest BCUT2D eigenvalue weighted by Crippen LogP contribution is -1.85. The zero-order valence-electron chi connectivity index (χ0n) is 7.18. The van der Waals surface area contributed by atoms with Crippen molar-refractivity contribution >= 4 is 23.1 Å². The lowest BCUT2D eigenvalue weighted by Gasteiger charge is -1.89. The number of aryl methyl sites for hydroxylation is 3. The maximum Gasteiger partial charge on any atom is 0.0939 e. The first-order valence-corrected chi connectivity index (χ1v) is 5.87. The summed E-state index contributed by atoms with van der Waals surface area (Å²) in [7, 11) is 0. The Balaban J connectivity index is 2.58. The third-order valence-corrected chi connectivity index (χ3v) is 3.34. The first kappa shape index (κ1) is 9.07. The van der Waals surface area contributed by atoms with Gasteiger partial charge in [-0.25, -0.2) is 4.98 Å². The zero-order valence-corrected chi connectivity index (χ0v) is 8.81. The molecule has 0 unspecified atom stereocenters. The van der Waals surface area contributed by atoms with Gasteiger partial charge >= 0.3 is 0 Å². The zero-order chi connectivity index (χ0) is 8.27. The van der Waals surface area contributed by atoms with Crippen LogP contribution < -0.4 is 0 Å². The van der Waals surface area contributed by atoms with Gasteiger partial charge in [0.1, 0.15) is 0 Å². The normalized spacial score (nSPS) is 10.5. The average Bonchev–Trinajstić information content (AvgIpc) is 2.28. The number of rotatable bonds is 3. The summed E-state index contributed by atoms with van der Waals surface area (Å²) in [6.45, 7) is 4.21. The van der Waals surface area contributed by atoms with E-state index in [1.165, 1.54) is 21.3 Å². The number of thiazole rings is 1.